The first kappa shape index (κ1) is 16.9. The van der Waals surface area contributed by atoms with Crippen molar-refractivity contribution in [2.45, 2.75) is 4.90 Å². The van der Waals surface area contributed by atoms with Gasteiger partial charge < -0.3 is 4.18 Å². The summed E-state index contributed by atoms with van der Waals surface area (Å²) in [6.45, 7) is 0. The van der Waals surface area contributed by atoms with E-state index in [4.69, 9.17) is 4.18 Å². The molecule has 0 aromatic heterocycles. The molecule has 0 aliphatic rings. The van der Waals surface area contributed by atoms with Gasteiger partial charge in [-0.1, -0.05) is 18.2 Å². The van der Waals surface area contributed by atoms with Gasteiger partial charge in [-0.15, -0.1) is 0 Å². The highest BCUT2D eigenvalue weighted by atomic mass is 32.2. The summed E-state index contributed by atoms with van der Waals surface area (Å²) in [4.78, 5) is 12.3. The number of carbonyl (C=O) groups is 1. The third-order valence-electron chi connectivity index (χ3n) is 3.46. The molecule has 126 valence electrons. The molecule has 0 saturated heterocycles. The van der Waals surface area contributed by atoms with Gasteiger partial charge in [-0.05, 0) is 60.7 Å². The van der Waals surface area contributed by atoms with Crippen LogP contribution in [0.4, 0.5) is 4.39 Å². The zero-order valence-electron chi connectivity index (χ0n) is 12.9. The van der Waals surface area contributed by atoms with E-state index in [9.17, 15) is 17.6 Å². The Hall–Kier alpha value is -2.99. The Morgan fingerprint density at radius 1 is 0.760 bits per heavy atom. The smallest absolute Gasteiger partial charge is 0.339 e. The molecular weight excluding hydrogens is 343 g/mol. The molecule has 0 spiro atoms. The molecule has 0 aliphatic heterocycles. The van der Waals surface area contributed by atoms with Crippen LogP contribution >= 0.6 is 0 Å². The fourth-order valence-electron chi connectivity index (χ4n) is 2.19. The van der Waals surface area contributed by atoms with E-state index in [1.807, 2.05) is 0 Å². The molecule has 0 amide bonds. The molecule has 25 heavy (non-hydrogen) atoms. The quantitative estimate of drug-likeness (QED) is 0.515. The van der Waals surface area contributed by atoms with Gasteiger partial charge >= 0.3 is 10.1 Å². The zero-order valence-corrected chi connectivity index (χ0v) is 13.7. The summed E-state index contributed by atoms with van der Waals surface area (Å²) in [6.07, 6.45) is 0. The predicted octanol–water partition coefficient (Wildman–Crippen LogP) is 3.82. The van der Waals surface area contributed by atoms with E-state index in [1.165, 1.54) is 60.7 Å². The molecule has 4 nitrogen and oxygen atoms in total. The fraction of sp³-hybridized carbons (Fsp3) is 0. The lowest BCUT2D eigenvalue weighted by Gasteiger charge is -2.07. The number of rotatable bonds is 5. The molecule has 0 atom stereocenters. The lowest BCUT2D eigenvalue weighted by Crippen LogP contribution is -2.09. The Morgan fingerprint density at radius 3 is 1.84 bits per heavy atom. The highest BCUT2D eigenvalue weighted by Gasteiger charge is 2.16. The number of benzene rings is 3. The summed E-state index contributed by atoms with van der Waals surface area (Å²) in [5.41, 5.74) is 0.683. The minimum absolute atomic E-state index is 0.0430. The van der Waals surface area contributed by atoms with E-state index in [0.29, 0.717) is 11.1 Å². The van der Waals surface area contributed by atoms with E-state index >= 15 is 0 Å². The van der Waals surface area contributed by atoms with Crippen LogP contribution in [-0.2, 0) is 10.1 Å². The Balaban J connectivity index is 1.78. The van der Waals surface area contributed by atoms with Gasteiger partial charge in [-0.2, -0.15) is 8.42 Å². The van der Waals surface area contributed by atoms with Crippen molar-refractivity contribution < 1.29 is 21.8 Å². The van der Waals surface area contributed by atoms with Crippen molar-refractivity contribution in [2.24, 2.45) is 0 Å². The van der Waals surface area contributed by atoms with Gasteiger partial charge in [-0.3, -0.25) is 4.79 Å². The van der Waals surface area contributed by atoms with Crippen LogP contribution in [0.15, 0.2) is 83.8 Å². The highest BCUT2D eigenvalue weighted by Crippen LogP contribution is 2.20. The lowest BCUT2D eigenvalue weighted by atomic mass is 10.0. The second-order valence-electron chi connectivity index (χ2n) is 5.21. The fourth-order valence-corrected chi connectivity index (χ4v) is 3.14. The van der Waals surface area contributed by atoms with E-state index < -0.39 is 15.9 Å². The van der Waals surface area contributed by atoms with E-state index in [0.717, 1.165) is 0 Å². The summed E-state index contributed by atoms with van der Waals surface area (Å²) in [7, 11) is -3.93. The maximum atomic E-state index is 12.9. The van der Waals surface area contributed by atoms with Gasteiger partial charge in [0.2, 0.25) is 0 Å². The Kier molecular flexibility index (Phi) is 4.63. The van der Waals surface area contributed by atoms with Crippen molar-refractivity contribution in [1.29, 1.82) is 0 Å². The van der Waals surface area contributed by atoms with Crippen molar-refractivity contribution in [1.82, 2.24) is 0 Å². The van der Waals surface area contributed by atoms with E-state index in [-0.39, 0.29) is 16.4 Å². The maximum absolute atomic E-state index is 12.9. The third kappa shape index (κ3) is 3.92. The average Bonchev–Trinajstić information content (AvgIpc) is 2.63. The number of ketones is 1. The topological polar surface area (TPSA) is 60.4 Å². The molecular formula is C19H13FO4S. The summed E-state index contributed by atoms with van der Waals surface area (Å²) in [6, 6.07) is 18.7. The molecule has 0 saturated carbocycles. The van der Waals surface area contributed by atoms with E-state index in [1.54, 1.807) is 18.2 Å². The second-order valence-corrected chi connectivity index (χ2v) is 6.76. The molecule has 3 aromatic carbocycles. The molecule has 3 aromatic rings. The maximum Gasteiger partial charge on any atom is 0.339 e. The monoisotopic (exact) mass is 356 g/mol. The minimum atomic E-state index is -3.93. The average molecular weight is 356 g/mol. The standard InChI is InChI=1S/C19H13FO4S/c20-16-10-6-14(7-11-16)19(21)15-8-12-17(13-9-15)24-25(22,23)18-4-2-1-3-5-18/h1-13H. The van der Waals surface area contributed by atoms with Crippen LogP contribution in [0, 0.1) is 5.82 Å². The Labute approximate surface area is 144 Å². The Morgan fingerprint density at radius 2 is 1.28 bits per heavy atom. The van der Waals surface area contributed by atoms with Crippen molar-refractivity contribution in [3.8, 4) is 5.75 Å². The van der Waals surface area contributed by atoms with Crippen LogP contribution in [0.3, 0.4) is 0 Å². The number of hydrogen-bond acceptors (Lipinski definition) is 4. The first-order valence-electron chi connectivity index (χ1n) is 7.35. The largest absolute Gasteiger partial charge is 0.379 e. The SMILES string of the molecule is O=C(c1ccc(F)cc1)c1ccc(OS(=O)(=O)c2ccccc2)cc1. The third-order valence-corrected chi connectivity index (χ3v) is 4.72. The molecule has 3 rings (SSSR count). The van der Waals surface area contributed by atoms with Crippen LogP contribution in [0.25, 0.3) is 0 Å². The first-order chi connectivity index (χ1) is 12.0. The van der Waals surface area contributed by atoms with Gasteiger partial charge in [0.1, 0.15) is 16.5 Å². The molecule has 0 aliphatic carbocycles. The van der Waals surface area contributed by atoms with Crippen LogP contribution in [0.2, 0.25) is 0 Å². The van der Waals surface area contributed by atoms with Crippen LogP contribution in [0.1, 0.15) is 15.9 Å². The van der Waals surface area contributed by atoms with Gasteiger partial charge in [-0.25, -0.2) is 4.39 Å². The molecule has 6 heteroatoms. The van der Waals surface area contributed by atoms with Gasteiger partial charge in [0.15, 0.2) is 5.78 Å². The lowest BCUT2D eigenvalue weighted by molar-refractivity contribution is 0.103. The summed E-state index contributed by atoms with van der Waals surface area (Å²) in [5, 5.41) is 0. The molecule has 0 bridgehead atoms. The van der Waals surface area contributed by atoms with Crippen molar-refractivity contribution >= 4 is 15.9 Å². The summed E-state index contributed by atoms with van der Waals surface area (Å²) >= 11 is 0. The van der Waals surface area contributed by atoms with Crippen LogP contribution in [0.5, 0.6) is 5.75 Å². The Bertz CT molecular complexity index is 980. The van der Waals surface area contributed by atoms with E-state index in [2.05, 4.69) is 0 Å². The molecule has 0 N–H and O–H groups in total. The zero-order chi connectivity index (χ0) is 17.9. The predicted molar refractivity (Wildman–Crippen MR) is 90.5 cm³/mol. The van der Waals surface area contributed by atoms with Gasteiger partial charge in [0.25, 0.3) is 0 Å². The van der Waals surface area contributed by atoms with Gasteiger partial charge in [0.05, 0.1) is 0 Å². The number of hydrogen-bond donors (Lipinski definition) is 0. The van der Waals surface area contributed by atoms with Crippen molar-refractivity contribution in [3.05, 3.63) is 95.8 Å². The van der Waals surface area contributed by atoms with Crippen molar-refractivity contribution in [2.75, 3.05) is 0 Å². The normalized spacial score (nSPS) is 11.1. The highest BCUT2D eigenvalue weighted by molar-refractivity contribution is 7.87. The molecule has 0 fully saturated rings. The number of carbonyl (C=O) groups excluding carboxylic acids is 1. The van der Waals surface area contributed by atoms with Gasteiger partial charge in [0, 0.05) is 11.1 Å². The van der Waals surface area contributed by atoms with Crippen LogP contribution in [-0.4, -0.2) is 14.2 Å². The first-order valence-corrected chi connectivity index (χ1v) is 8.76. The van der Waals surface area contributed by atoms with Crippen molar-refractivity contribution in [3.63, 3.8) is 0 Å². The molecule has 0 heterocycles. The molecule has 0 unspecified atom stereocenters. The number of halogens is 1. The minimum Gasteiger partial charge on any atom is -0.379 e. The summed E-state index contributed by atoms with van der Waals surface area (Å²) < 4.78 is 42.3. The van der Waals surface area contributed by atoms with Crippen LogP contribution < -0.4 is 4.18 Å². The second kappa shape index (κ2) is 6.86. The molecule has 0 radical (unpaired) electrons. The summed E-state index contributed by atoms with van der Waals surface area (Å²) in [5.74, 6) is -0.622.